The molecule has 0 saturated carbocycles. The molecule has 7 heteroatoms. The highest BCUT2D eigenvalue weighted by molar-refractivity contribution is 7.09. The van der Waals surface area contributed by atoms with Crippen LogP contribution in [0.2, 0.25) is 0 Å². The van der Waals surface area contributed by atoms with Gasteiger partial charge in [-0.05, 0) is 25.9 Å². The maximum atomic E-state index is 10.5. The lowest BCUT2D eigenvalue weighted by molar-refractivity contribution is -0.136. The molecular formula is C10H16Cl2N2O2S. The highest BCUT2D eigenvalue weighted by Crippen LogP contribution is 2.27. The molecule has 1 aliphatic heterocycles. The lowest BCUT2D eigenvalue weighted by Crippen LogP contribution is -2.26. The monoisotopic (exact) mass is 298 g/mol. The van der Waals surface area contributed by atoms with Crippen LogP contribution in [0.15, 0.2) is 5.38 Å². The maximum Gasteiger partial charge on any atom is 0.309 e. The van der Waals surface area contributed by atoms with Gasteiger partial charge in [0.2, 0.25) is 0 Å². The second-order valence-corrected chi connectivity index (χ2v) is 4.66. The molecule has 4 nitrogen and oxygen atoms in total. The molecule has 1 aromatic heterocycles. The van der Waals surface area contributed by atoms with E-state index in [9.17, 15) is 4.79 Å². The Labute approximate surface area is 117 Å². The number of nitrogens with zero attached hydrogens (tertiary/aromatic N) is 1. The highest BCUT2D eigenvalue weighted by Gasteiger charge is 2.18. The number of hydrogen-bond acceptors (Lipinski definition) is 4. The Balaban J connectivity index is 0.00000128. The van der Waals surface area contributed by atoms with Crippen molar-refractivity contribution in [2.24, 2.45) is 0 Å². The van der Waals surface area contributed by atoms with Crippen LogP contribution in [-0.2, 0) is 11.2 Å². The number of carboxylic acid groups (broad SMARTS) is 1. The molecule has 0 unspecified atom stereocenters. The van der Waals surface area contributed by atoms with E-state index in [1.54, 1.807) is 11.3 Å². The van der Waals surface area contributed by atoms with Crippen LogP contribution < -0.4 is 5.32 Å². The zero-order chi connectivity index (χ0) is 10.7. The molecule has 0 radical (unpaired) electrons. The molecule has 0 spiro atoms. The van der Waals surface area contributed by atoms with Crippen molar-refractivity contribution >= 4 is 42.1 Å². The van der Waals surface area contributed by atoms with Gasteiger partial charge in [-0.2, -0.15) is 0 Å². The summed E-state index contributed by atoms with van der Waals surface area (Å²) >= 11 is 1.60. The molecule has 0 atom stereocenters. The predicted octanol–water partition coefficient (Wildman–Crippen LogP) is 2.08. The summed E-state index contributed by atoms with van der Waals surface area (Å²) in [5.74, 6) is -0.282. The Bertz CT molecular complexity index is 354. The van der Waals surface area contributed by atoms with Crippen molar-refractivity contribution in [3.63, 3.8) is 0 Å². The molecular weight excluding hydrogens is 283 g/mol. The van der Waals surface area contributed by atoms with E-state index in [1.165, 1.54) is 0 Å². The van der Waals surface area contributed by atoms with Gasteiger partial charge in [-0.25, -0.2) is 4.98 Å². The van der Waals surface area contributed by atoms with E-state index in [1.807, 2.05) is 5.38 Å². The Kier molecular flexibility index (Phi) is 7.70. The molecule has 1 fully saturated rings. The van der Waals surface area contributed by atoms with Crippen LogP contribution in [0.3, 0.4) is 0 Å². The average Bonchev–Trinajstić information content (AvgIpc) is 2.67. The number of aliphatic carboxylic acids is 1. The van der Waals surface area contributed by atoms with Gasteiger partial charge in [-0.15, -0.1) is 36.2 Å². The first-order valence-electron chi connectivity index (χ1n) is 5.12. The number of nitrogens with one attached hydrogen (secondary N) is 1. The van der Waals surface area contributed by atoms with Crippen molar-refractivity contribution in [1.29, 1.82) is 0 Å². The Morgan fingerprint density at radius 3 is 2.71 bits per heavy atom. The third kappa shape index (κ3) is 4.79. The minimum Gasteiger partial charge on any atom is -0.481 e. The highest BCUT2D eigenvalue weighted by atomic mass is 35.5. The van der Waals surface area contributed by atoms with Crippen LogP contribution in [0.1, 0.15) is 29.5 Å². The van der Waals surface area contributed by atoms with Gasteiger partial charge >= 0.3 is 5.97 Å². The molecule has 2 rings (SSSR count). The fourth-order valence-electron chi connectivity index (χ4n) is 1.82. The summed E-state index contributed by atoms with van der Waals surface area (Å²) < 4.78 is 0. The fourth-order valence-corrected chi connectivity index (χ4v) is 2.81. The zero-order valence-corrected chi connectivity index (χ0v) is 11.7. The van der Waals surface area contributed by atoms with E-state index < -0.39 is 5.97 Å². The van der Waals surface area contributed by atoms with Crippen LogP contribution in [0.25, 0.3) is 0 Å². The van der Waals surface area contributed by atoms with Gasteiger partial charge in [0.15, 0.2) is 0 Å². The van der Waals surface area contributed by atoms with Crippen molar-refractivity contribution in [3.05, 3.63) is 16.1 Å². The quantitative estimate of drug-likeness (QED) is 0.897. The average molecular weight is 299 g/mol. The fraction of sp³-hybridized carbons (Fsp3) is 0.600. The summed E-state index contributed by atoms with van der Waals surface area (Å²) in [7, 11) is 0. The Morgan fingerprint density at radius 2 is 2.12 bits per heavy atom. The summed E-state index contributed by atoms with van der Waals surface area (Å²) in [6, 6.07) is 0. The molecule has 1 aliphatic rings. The number of thiazole rings is 1. The maximum absolute atomic E-state index is 10.5. The molecule has 0 amide bonds. The number of carbonyl (C=O) groups is 1. The van der Waals surface area contributed by atoms with Gasteiger partial charge in [-0.3, -0.25) is 4.79 Å². The summed E-state index contributed by atoms with van der Waals surface area (Å²) in [4.78, 5) is 14.9. The van der Waals surface area contributed by atoms with Crippen LogP contribution in [0.4, 0.5) is 0 Å². The first kappa shape index (κ1) is 16.6. The topological polar surface area (TPSA) is 62.2 Å². The number of piperidine rings is 1. The van der Waals surface area contributed by atoms with Gasteiger partial charge in [0.25, 0.3) is 0 Å². The predicted molar refractivity (Wildman–Crippen MR) is 72.8 cm³/mol. The third-order valence-electron chi connectivity index (χ3n) is 2.59. The number of carboxylic acids is 1. The van der Waals surface area contributed by atoms with E-state index in [0.717, 1.165) is 30.9 Å². The molecule has 17 heavy (non-hydrogen) atoms. The van der Waals surface area contributed by atoms with E-state index in [-0.39, 0.29) is 31.2 Å². The number of aromatic nitrogens is 1. The van der Waals surface area contributed by atoms with Gasteiger partial charge in [0.05, 0.1) is 17.1 Å². The third-order valence-corrected chi connectivity index (χ3v) is 3.65. The van der Waals surface area contributed by atoms with Crippen LogP contribution in [0.5, 0.6) is 0 Å². The lowest BCUT2D eigenvalue weighted by Gasteiger charge is -2.20. The number of rotatable bonds is 3. The molecule has 0 aliphatic carbocycles. The summed E-state index contributed by atoms with van der Waals surface area (Å²) in [6.07, 6.45) is 2.27. The van der Waals surface area contributed by atoms with Crippen LogP contribution in [0, 0.1) is 0 Å². The molecule has 0 aromatic carbocycles. The molecule has 2 N–H and O–H groups in total. The SMILES string of the molecule is Cl.Cl.O=C(O)Cc1csc(C2CCNCC2)n1. The smallest absolute Gasteiger partial charge is 0.309 e. The van der Waals surface area contributed by atoms with Crippen molar-refractivity contribution in [2.75, 3.05) is 13.1 Å². The zero-order valence-electron chi connectivity index (χ0n) is 9.22. The van der Waals surface area contributed by atoms with Gasteiger partial charge in [-0.1, -0.05) is 0 Å². The summed E-state index contributed by atoms with van der Waals surface area (Å²) in [6.45, 7) is 2.08. The van der Waals surface area contributed by atoms with E-state index in [4.69, 9.17) is 5.11 Å². The molecule has 0 bridgehead atoms. The number of hydrogen-bond donors (Lipinski definition) is 2. The minimum atomic E-state index is -0.808. The lowest BCUT2D eigenvalue weighted by atomic mass is 9.99. The van der Waals surface area contributed by atoms with Crippen LogP contribution in [-0.4, -0.2) is 29.1 Å². The second-order valence-electron chi connectivity index (χ2n) is 3.77. The van der Waals surface area contributed by atoms with Crippen molar-refractivity contribution in [2.45, 2.75) is 25.2 Å². The standard InChI is InChI=1S/C10H14N2O2S.2ClH/c13-9(14)5-8-6-15-10(12-8)7-1-3-11-4-2-7;;/h6-7,11H,1-5H2,(H,13,14);2*1H. The molecule has 2 heterocycles. The molecule has 98 valence electrons. The normalized spacial score (nSPS) is 15.8. The van der Waals surface area contributed by atoms with E-state index >= 15 is 0 Å². The molecule has 1 aromatic rings. The van der Waals surface area contributed by atoms with Gasteiger partial charge < -0.3 is 10.4 Å². The number of halogens is 2. The van der Waals surface area contributed by atoms with Gasteiger partial charge in [0, 0.05) is 11.3 Å². The first-order chi connectivity index (χ1) is 7.25. The van der Waals surface area contributed by atoms with Crippen molar-refractivity contribution in [3.8, 4) is 0 Å². The largest absolute Gasteiger partial charge is 0.481 e. The Morgan fingerprint density at radius 1 is 1.47 bits per heavy atom. The molecule has 1 saturated heterocycles. The summed E-state index contributed by atoms with van der Waals surface area (Å²) in [5.41, 5.74) is 0.695. The van der Waals surface area contributed by atoms with Crippen molar-refractivity contribution < 1.29 is 9.90 Å². The second kappa shape index (κ2) is 7.87. The van der Waals surface area contributed by atoms with E-state index in [2.05, 4.69) is 10.3 Å². The van der Waals surface area contributed by atoms with Gasteiger partial charge in [0.1, 0.15) is 0 Å². The first-order valence-corrected chi connectivity index (χ1v) is 6.00. The van der Waals surface area contributed by atoms with Crippen LogP contribution >= 0.6 is 36.2 Å². The summed E-state index contributed by atoms with van der Waals surface area (Å²) in [5, 5.41) is 14.9. The van der Waals surface area contributed by atoms with Crippen molar-refractivity contribution in [1.82, 2.24) is 10.3 Å². The minimum absolute atomic E-state index is 0. The Hall–Kier alpha value is -0.360. The van der Waals surface area contributed by atoms with E-state index in [0.29, 0.717) is 11.6 Å².